The summed E-state index contributed by atoms with van der Waals surface area (Å²) in [5.74, 6) is -4.59. The van der Waals surface area contributed by atoms with Crippen molar-refractivity contribution in [1.29, 1.82) is 0 Å². The van der Waals surface area contributed by atoms with Gasteiger partial charge in [-0.15, -0.1) is 0 Å². The normalized spacial score (nSPS) is 14.6. The lowest BCUT2D eigenvalue weighted by Crippen LogP contribution is -2.57. The van der Waals surface area contributed by atoms with Crippen molar-refractivity contribution >= 4 is 42.3 Å². The molecule has 3 amide bonds. The van der Waals surface area contributed by atoms with E-state index in [-0.39, 0.29) is 24.5 Å². The number of hydrogen-bond acceptors (Lipinski definition) is 8. The maximum Gasteiger partial charge on any atom is 0.327 e. The van der Waals surface area contributed by atoms with Crippen LogP contribution in [0.2, 0.25) is 0 Å². The number of carbonyl (C=O) groups excluding carboxylic acids is 3. The number of carbonyl (C=O) groups is 5. The van der Waals surface area contributed by atoms with E-state index in [1.54, 1.807) is 0 Å². The molecule has 4 atom stereocenters. The number of carboxylic acids is 2. The highest BCUT2D eigenvalue weighted by molar-refractivity contribution is 7.80. The summed E-state index contributed by atoms with van der Waals surface area (Å²) in [5.41, 5.74) is 11.3. The fourth-order valence-corrected chi connectivity index (χ4v) is 3.17. The van der Waals surface area contributed by atoms with Gasteiger partial charge in [0.25, 0.3) is 0 Å². The Morgan fingerprint density at radius 3 is 1.82 bits per heavy atom. The minimum Gasteiger partial charge on any atom is -0.481 e. The molecule has 0 heterocycles. The van der Waals surface area contributed by atoms with Gasteiger partial charge in [-0.3, -0.25) is 19.2 Å². The third kappa shape index (κ3) is 13.0. The minimum absolute atomic E-state index is 0.127. The van der Waals surface area contributed by atoms with E-state index in [1.165, 1.54) is 0 Å². The zero-order valence-corrected chi connectivity index (χ0v) is 20.0. The van der Waals surface area contributed by atoms with Crippen LogP contribution in [-0.2, 0) is 24.0 Å². The monoisotopic (exact) mass is 491 g/mol. The van der Waals surface area contributed by atoms with Crippen LogP contribution in [0.3, 0.4) is 0 Å². The number of rotatable bonds is 17. The summed E-state index contributed by atoms with van der Waals surface area (Å²) in [5, 5.41) is 25.4. The molecule has 0 unspecified atom stereocenters. The molecule has 0 bridgehead atoms. The van der Waals surface area contributed by atoms with Crippen LogP contribution in [-0.4, -0.2) is 76.3 Å². The molecule has 0 radical (unpaired) electrons. The molecule has 13 heteroatoms. The first-order valence-corrected chi connectivity index (χ1v) is 11.5. The Morgan fingerprint density at radius 1 is 0.848 bits per heavy atom. The lowest BCUT2D eigenvalue weighted by Gasteiger charge is -2.25. The fraction of sp³-hybridized carbons (Fsp3) is 0.750. The summed E-state index contributed by atoms with van der Waals surface area (Å²) in [7, 11) is 0. The first-order chi connectivity index (χ1) is 15.4. The molecular formula is C20H37N5O7S. The first-order valence-electron chi connectivity index (χ1n) is 10.8. The first kappa shape index (κ1) is 30.6. The average molecular weight is 492 g/mol. The van der Waals surface area contributed by atoms with Crippen LogP contribution in [0, 0.1) is 5.92 Å². The van der Waals surface area contributed by atoms with E-state index in [0.29, 0.717) is 25.8 Å². The number of thiol groups is 1. The van der Waals surface area contributed by atoms with Crippen molar-refractivity contribution in [1.82, 2.24) is 16.0 Å². The van der Waals surface area contributed by atoms with E-state index in [9.17, 15) is 24.0 Å². The number of nitrogens with two attached hydrogens (primary N) is 2. The van der Waals surface area contributed by atoms with Gasteiger partial charge in [0.1, 0.15) is 18.1 Å². The zero-order valence-electron chi connectivity index (χ0n) is 19.1. The summed E-state index contributed by atoms with van der Waals surface area (Å²) in [6.07, 6.45) is 0.954. The zero-order chi connectivity index (χ0) is 25.6. The quantitative estimate of drug-likeness (QED) is 0.0906. The van der Waals surface area contributed by atoms with E-state index >= 15 is 0 Å². The smallest absolute Gasteiger partial charge is 0.327 e. The van der Waals surface area contributed by atoms with Gasteiger partial charge in [0.2, 0.25) is 17.7 Å². The van der Waals surface area contributed by atoms with Crippen LogP contribution in [0.25, 0.3) is 0 Å². The Labute approximate surface area is 199 Å². The van der Waals surface area contributed by atoms with Crippen molar-refractivity contribution in [2.45, 2.75) is 76.5 Å². The molecule has 0 saturated heterocycles. The van der Waals surface area contributed by atoms with Crippen molar-refractivity contribution in [3.63, 3.8) is 0 Å². The molecule has 0 aromatic rings. The molecule has 0 aliphatic carbocycles. The number of unbranched alkanes of at least 4 members (excludes halogenated alkanes) is 1. The van der Waals surface area contributed by atoms with Gasteiger partial charge in [0, 0.05) is 12.2 Å². The van der Waals surface area contributed by atoms with Crippen molar-refractivity contribution in [2.75, 3.05) is 12.3 Å². The van der Waals surface area contributed by atoms with E-state index in [1.807, 2.05) is 13.8 Å². The van der Waals surface area contributed by atoms with Crippen LogP contribution in [0.5, 0.6) is 0 Å². The Morgan fingerprint density at radius 2 is 1.36 bits per heavy atom. The highest BCUT2D eigenvalue weighted by Crippen LogP contribution is 2.07. The SMILES string of the molecule is CC(C)C[C@H](N)C(=O)N[C@@H](CCC(=O)O)C(=O)N[C@@H](CCCCN)C(=O)N[C@@H](CS)C(=O)O. The molecule has 33 heavy (non-hydrogen) atoms. The van der Waals surface area contributed by atoms with Crippen molar-refractivity contribution in [2.24, 2.45) is 17.4 Å². The Bertz CT molecular complexity index is 677. The number of hydrogen-bond donors (Lipinski definition) is 8. The van der Waals surface area contributed by atoms with Crippen molar-refractivity contribution in [3.05, 3.63) is 0 Å². The fourth-order valence-electron chi connectivity index (χ4n) is 2.92. The molecule has 0 aliphatic heterocycles. The summed E-state index contributed by atoms with van der Waals surface area (Å²) in [6.45, 7) is 4.12. The third-order valence-corrected chi connectivity index (χ3v) is 5.08. The van der Waals surface area contributed by atoms with Crippen LogP contribution in [0.4, 0.5) is 0 Å². The van der Waals surface area contributed by atoms with Gasteiger partial charge < -0.3 is 37.6 Å². The summed E-state index contributed by atoms with van der Waals surface area (Å²) in [6, 6.07) is -4.50. The second-order valence-corrected chi connectivity index (χ2v) is 8.52. The molecule has 9 N–H and O–H groups in total. The molecule has 12 nitrogen and oxygen atoms in total. The molecule has 0 fully saturated rings. The number of aliphatic carboxylic acids is 2. The Hall–Kier alpha value is -2.38. The molecule has 0 aromatic carbocycles. The summed E-state index contributed by atoms with van der Waals surface area (Å²) >= 11 is 3.90. The largest absolute Gasteiger partial charge is 0.481 e. The molecule has 190 valence electrons. The maximum absolute atomic E-state index is 12.9. The summed E-state index contributed by atoms with van der Waals surface area (Å²) in [4.78, 5) is 60.1. The Balaban J connectivity index is 5.47. The van der Waals surface area contributed by atoms with Gasteiger partial charge in [-0.2, -0.15) is 12.6 Å². The van der Waals surface area contributed by atoms with Gasteiger partial charge in [-0.25, -0.2) is 4.79 Å². The maximum atomic E-state index is 12.9. The lowest BCUT2D eigenvalue weighted by molar-refractivity contribution is -0.141. The topological polar surface area (TPSA) is 214 Å². The second-order valence-electron chi connectivity index (χ2n) is 8.16. The Kier molecular flexibility index (Phi) is 15.1. The predicted molar refractivity (Wildman–Crippen MR) is 124 cm³/mol. The van der Waals surface area contributed by atoms with Crippen LogP contribution in [0.1, 0.15) is 52.4 Å². The second kappa shape index (κ2) is 16.3. The van der Waals surface area contributed by atoms with Gasteiger partial charge in [0.15, 0.2) is 0 Å². The van der Waals surface area contributed by atoms with E-state index in [4.69, 9.17) is 21.7 Å². The van der Waals surface area contributed by atoms with Crippen LogP contribution >= 0.6 is 12.6 Å². The third-order valence-electron chi connectivity index (χ3n) is 4.72. The molecular weight excluding hydrogens is 454 g/mol. The molecule has 0 aromatic heterocycles. The van der Waals surface area contributed by atoms with Crippen molar-refractivity contribution in [3.8, 4) is 0 Å². The van der Waals surface area contributed by atoms with Crippen molar-refractivity contribution < 1.29 is 34.2 Å². The van der Waals surface area contributed by atoms with Gasteiger partial charge in [-0.05, 0) is 44.6 Å². The molecule has 0 rings (SSSR count). The minimum atomic E-state index is -1.28. The van der Waals surface area contributed by atoms with Gasteiger partial charge in [-0.1, -0.05) is 13.8 Å². The van der Waals surface area contributed by atoms with E-state index in [2.05, 4.69) is 28.6 Å². The highest BCUT2D eigenvalue weighted by atomic mass is 32.1. The van der Waals surface area contributed by atoms with E-state index in [0.717, 1.165) is 0 Å². The molecule has 0 saturated carbocycles. The van der Waals surface area contributed by atoms with E-state index < -0.39 is 60.2 Å². The number of nitrogens with one attached hydrogen (secondary N) is 3. The average Bonchev–Trinajstić information content (AvgIpc) is 2.72. The number of carboxylic acid groups (broad SMARTS) is 2. The number of amides is 3. The van der Waals surface area contributed by atoms with Crippen LogP contribution in [0.15, 0.2) is 0 Å². The summed E-state index contributed by atoms with van der Waals surface area (Å²) < 4.78 is 0. The molecule has 0 spiro atoms. The van der Waals surface area contributed by atoms with Gasteiger partial charge in [0.05, 0.1) is 6.04 Å². The predicted octanol–water partition coefficient (Wildman–Crippen LogP) is -1.18. The van der Waals surface area contributed by atoms with Crippen LogP contribution < -0.4 is 27.4 Å². The highest BCUT2D eigenvalue weighted by Gasteiger charge is 2.30. The van der Waals surface area contributed by atoms with Gasteiger partial charge >= 0.3 is 11.9 Å². The molecule has 0 aliphatic rings. The standard InChI is InChI=1S/C20H37N5O7S/c1-11(2)9-12(22)17(28)23-14(6-7-16(26)27)19(30)24-13(5-3-4-8-21)18(29)25-15(10-33)20(31)32/h11-15,33H,3-10,21-22H2,1-2H3,(H,23,28)(H,24,30)(H,25,29)(H,26,27)(H,31,32)/t12-,13-,14-,15-/m0/s1. The lowest BCUT2D eigenvalue weighted by atomic mass is 10.0.